The van der Waals surface area contributed by atoms with Crippen molar-refractivity contribution in [2.24, 2.45) is 0 Å². The first-order valence-corrected chi connectivity index (χ1v) is 10.2. The van der Waals surface area contributed by atoms with Crippen molar-refractivity contribution in [3.63, 3.8) is 0 Å². The Morgan fingerprint density at radius 2 is 1.89 bits per heavy atom. The van der Waals surface area contributed by atoms with E-state index in [9.17, 15) is 10.1 Å². The van der Waals surface area contributed by atoms with E-state index >= 15 is 0 Å². The van der Waals surface area contributed by atoms with Crippen molar-refractivity contribution in [1.82, 2.24) is 9.80 Å². The van der Waals surface area contributed by atoms with Crippen LogP contribution in [0.15, 0.2) is 18.2 Å². The molecule has 2 aliphatic rings. The Morgan fingerprint density at radius 1 is 1.22 bits per heavy atom. The van der Waals surface area contributed by atoms with Gasteiger partial charge in [0.25, 0.3) is 0 Å². The highest BCUT2D eigenvalue weighted by Gasteiger charge is 2.39. The molecule has 1 saturated heterocycles. The van der Waals surface area contributed by atoms with Gasteiger partial charge in [-0.05, 0) is 37.5 Å². The van der Waals surface area contributed by atoms with Crippen LogP contribution in [0.1, 0.15) is 37.7 Å². The second-order valence-electron chi connectivity index (χ2n) is 7.85. The number of carbonyl (C=O) groups excluding carboxylic acids is 1. The minimum atomic E-state index is -0.602. The van der Waals surface area contributed by atoms with Gasteiger partial charge >= 0.3 is 0 Å². The Hall–Kier alpha value is -1.77. The summed E-state index contributed by atoms with van der Waals surface area (Å²) in [4.78, 5) is 19.1. The summed E-state index contributed by atoms with van der Waals surface area (Å²) in [6.07, 6.45) is 4.82. The molecule has 3 rings (SSSR count). The smallest absolute Gasteiger partial charge is 0.237 e. The first-order chi connectivity index (χ1) is 12.9. The number of benzene rings is 1. The van der Waals surface area contributed by atoms with Crippen molar-refractivity contribution in [2.45, 2.75) is 44.6 Å². The lowest BCUT2D eigenvalue weighted by molar-refractivity contribution is -0.136. The number of hydrogen-bond acceptors (Lipinski definition) is 4. The first-order valence-electron chi connectivity index (χ1n) is 9.86. The minimum absolute atomic E-state index is 0.0610. The standard InChI is InChI=1S/C21H29ClN4O/c1-17-6-7-18(22)14-19(17)26-12-10-25(11-13-26)15-20(27)24(2)21(16-23)8-4-3-5-9-21/h6-7,14H,3-5,8-13,15H2,1-2H3. The average molecular weight is 389 g/mol. The van der Waals surface area contributed by atoms with Gasteiger partial charge in [0, 0.05) is 43.9 Å². The molecule has 6 heteroatoms. The molecule has 27 heavy (non-hydrogen) atoms. The van der Waals surface area contributed by atoms with Crippen LogP contribution < -0.4 is 4.90 Å². The van der Waals surface area contributed by atoms with Crippen molar-refractivity contribution in [3.05, 3.63) is 28.8 Å². The zero-order valence-electron chi connectivity index (χ0n) is 16.4. The largest absolute Gasteiger partial charge is 0.369 e. The SMILES string of the molecule is Cc1ccc(Cl)cc1N1CCN(CC(=O)N(C)C2(C#N)CCCCC2)CC1. The maximum atomic E-state index is 12.8. The molecule has 2 fully saturated rings. The van der Waals surface area contributed by atoms with Crippen molar-refractivity contribution >= 4 is 23.2 Å². The van der Waals surface area contributed by atoms with E-state index in [1.807, 2.05) is 25.2 Å². The van der Waals surface area contributed by atoms with Crippen molar-refractivity contribution in [1.29, 1.82) is 5.26 Å². The van der Waals surface area contributed by atoms with Gasteiger partial charge in [-0.2, -0.15) is 5.26 Å². The Kier molecular flexibility index (Phi) is 6.29. The van der Waals surface area contributed by atoms with Gasteiger partial charge in [0.15, 0.2) is 0 Å². The molecule has 1 saturated carbocycles. The van der Waals surface area contributed by atoms with E-state index in [4.69, 9.17) is 11.6 Å². The van der Waals surface area contributed by atoms with Crippen molar-refractivity contribution in [3.8, 4) is 6.07 Å². The molecule has 1 aliphatic heterocycles. The number of nitriles is 1. The number of nitrogens with zero attached hydrogens (tertiary/aromatic N) is 4. The summed E-state index contributed by atoms with van der Waals surface area (Å²) < 4.78 is 0. The Bertz CT molecular complexity index is 715. The summed E-state index contributed by atoms with van der Waals surface area (Å²) >= 11 is 6.16. The fraction of sp³-hybridized carbons (Fsp3) is 0.619. The van der Waals surface area contributed by atoms with E-state index in [0.29, 0.717) is 6.54 Å². The monoisotopic (exact) mass is 388 g/mol. The summed E-state index contributed by atoms with van der Waals surface area (Å²) in [6, 6.07) is 8.43. The van der Waals surface area contributed by atoms with Crippen LogP contribution in [-0.2, 0) is 4.79 Å². The van der Waals surface area contributed by atoms with Crippen LogP contribution in [0.5, 0.6) is 0 Å². The van der Waals surface area contributed by atoms with E-state index in [2.05, 4.69) is 22.8 Å². The fourth-order valence-corrected chi connectivity index (χ4v) is 4.43. The van der Waals surface area contributed by atoms with Crippen molar-refractivity contribution in [2.75, 3.05) is 44.7 Å². The van der Waals surface area contributed by atoms with Crippen LogP contribution in [0.3, 0.4) is 0 Å². The van der Waals surface area contributed by atoms with Gasteiger partial charge in [0.1, 0.15) is 5.54 Å². The van der Waals surface area contributed by atoms with Crippen LogP contribution >= 0.6 is 11.6 Å². The van der Waals surface area contributed by atoms with E-state index in [-0.39, 0.29) is 5.91 Å². The van der Waals surface area contributed by atoms with Gasteiger partial charge in [-0.25, -0.2) is 0 Å². The third-order valence-corrected chi connectivity index (χ3v) is 6.38. The van der Waals surface area contributed by atoms with Crippen LogP contribution in [0, 0.1) is 18.3 Å². The fourth-order valence-electron chi connectivity index (χ4n) is 4.27. The van der Waals surface area contributed by atoms with E-state index in [1.165, 1.54) is 11.3 Å². The third kappa shape index (κ3) is 4.39. The van der Waals surface area contributed by atoms with Crippen LogP contribution in [0.25, 0.3) is 0 Å². The topological polar surface area (TPSA) is 50.6 Å². The molecule has 0 atom stereocenters. The van der Waals surface area contributed by atoms with Gasteiger partial charge in [-0.3, -0.25) is 9.69 Å². The van der Waals surface area contributed by atoms with Gasteiger partial charge < -0.3 is 9.80 Å². The average Bonchev–Trinajstić information content (AvgIpc) is 2.70. The van der Waals surface area contributed by atoms with E-state index in [0.717, 1.165) is 63.3 Å². The lowest BCUT2D eigenvalue weighted by Gasteiger charge is -2.41. The molecule has 0 unspecified atom stereocenters. The molecule has 0 aromatic heterocycles. The Balaban J connectivity index is 1.56. The van der Waals surface area contributed by atoms with Gasteiger partial charge in [-0.1, -0.05) is 36.9 Å². The zero-order valence-corrected chi connectivity index (χ0v) is 17.1. The predicted octanol–water partition coefficient (Wildman–Crippen LogP) is 3.46. The molecule has 146 valence electrons. The molecule has 1 aromatic rings. The molecule has 1 amide bonds. The van der Waals surface area contributed by atoms with Crippen LogP contribution in [-0.4, -0.2) is 61.0 Å². The van der Waals surface area contributed by atoms with Crippen LogP contribution in [0.4, 0.5) is 5.69 Å². The number of hydrogen-bond donors (Lipinski definition) is 0. The molecule has 0 N–H and O–H groups in total. The van der Waals surface area contributed by atoms with Gasteiger partial charge in [0.2, 0.25) is 5.91 Å². The highest BCUT2D eigenvalue weighted by atomic mass is 35.5. The molecule has 1 aliphatic carbocycles. The Morgan fingerprint density at radius 3 is 2.52 bits per heavy atom. The van der Waals surface area contributed by atoms with Gasteiger partial charge in [0.05, 0.1) is 12.6 Å². The van der Waals surface area contributed by atoms with Crippen LogP contribution in [0.2, 0.25) is 5.02 Å². The summed E-state index contributed by atoms with van der Waals surface area (Å²) in [5.41, 5.74) is 1.79. The van der Waals surface area contributed by atoms with E-state index in [1.54, 1.807) is 4.90 Å². The number of likely N-dealkylation sites (N-methyl/N-ethyl adjacent to an activating group) is 1. The molecule has 0 radical (unpaired) electrons. The number of carbonyl (C=O) groups is 1. The van der Waals surface area contributed by atoms with E-state index < -0.39 is 5.54 Å². The number of rotatable bonds is 4. The lowest BCUT2D eigenvalue weighted by Crippen LogP contribution is -2.55. The molecule has 1 aromatic carbocycles. The molecular weight excluding hydrogens is 360 g/mol. The molecule has 0 bridgehead atoms. The van der Waals surface area contributed by atoms with Gasteiger partial charge in [-0.15, -0.1) is 0 Å². The predicted molar refractivity (Wildman–Crippen MR) is 109 cm³/mol. The molecule has 0 spiro atoms. The lowest BCUT2D eigenvalue weighted by atomic mass is 9.81. The number of aryl methyl sites for hydroxylation is 1. The molecular formula is C21H29ClN4O. The number of anilines is 1. The summed E-state index contributed by atoms with van der Waals surface area (Å²) in [5, 5.41) is 10.5. The first kappa shape index (κ1) is 20.0. The number of halogens is 1. The molecule has 5 nitrogen and oxygen atoms in total. The quantitative estimate of drug-likeness (QED) is 0.792. The summed E-state index contributed by atoms with van der Waals surface area (Å²) in [5.74, 6) is 0.0610. The maximum Gasteiger partial charge on any atom is 0.237 e. The molecule has 1 heterocycles. The third-order valence-electron chi connectivity index (χ3n) is 6.15. The minimum Gasteiger partial charge on any atom is -0.369 e. The highest BCUT2D eigenvalue weighted by molar-refractivity contribution is 6.30. The Labute approximate surface area is 167 Å². The van der Waals surface area contributed by atoms with Crippen molar-refractivity contribution < 1.29 is 4.79 Å². The maximum absolute atomic E-state index is 12.8. The summed E-state index contributed by atoms with van der Waals surface area (Å²) in [7, 11) is 1.81. The zero-order chi connectivity index (χ0) is 19.4. The normalized spacial score (nSPS) is 20.1. The summed E-state index contributed by atoms with van der Waals surface area (Å²) in [6.45, 7) is 5.92. The number of piperazine rings is 1. The second kappa shape index (κ2) is 8.50. The number of amides is 1. The second-order valence-corrected chi connectivity index (χ2v) is 8.29. The highest BCUT2D eigenvalue weighted by Crippen LogP contribution is 2.32.